The fraction of sp³-hybridized carbons (Fsp3) is 0.364. The zero-order chi connectivity index (χ0) is 20.4. The van der Waals surface area contributed by atoms with Gasteiger partial charge in [-0.15, -0.1) is 0 Å². The number of likely N-dealkylation sites (tertiary alicyclic amines) is 1. The van der Waals surface area contributed by atoms with Crippen LogP contribution in [-0.4, -0.2) is 61.6 Å². The number of nitrogens with two attached hydrogens (primary N) is 1. The third-order valence-corrected chi connectivity index (χ3v) is 6.66. The number of aromatic nitrogens is 5. The van der Waals surface area contributed by atoms with E-state index in [1.165, 1.54) is 23.9 Å². The van der Waals surface area contributed by atoms with Crippen molar-refractivity contribution in [1.29, 1.82) is 0 Å². The van der Waals surface area contributed by atoms with Gasteiger partial charge in [-0.1, -0.05) is 18.2 Å². The van der Waals surface area contributed by atoms with Crippen LogP contribution in [0.1, 0.15) is 17.5 Å². The summed E-state index contributed by atoms with van der Waals surface area (Å²) in [6, 6.07) is 9.76. The molecule has 2 fully saturated rings. The highest BCUT2D eigenvalue weighted by atomic mass is 15.4. The number of nitrogens with zero attached hydrogens (tertiary/aromatic N) is 7. The molecule has 2 bridgehead atoms. The van der Waals surface area contributed by atoms with Crippen molar-refractivity contribution >= 4 is 33.7 Å². The lowest BCUT2D eigenvalue weighted by molar-refractivity contribution is 0.292. The lowest BCUT2D eigenvalue weighted by Crippen LogP contribution is -2.45. The highest BCUT2D eigenvalue weighted by molar-refractivity contribution is 5.85. The monoisotopic (exact) mass is 400 g/mol. The van der Waals surface area contributed by atoms with Crippen LogP contribution in [0, 0.1) is 6.92 Å². The predicted molar refractivity (Wildman–Crippen MR) is 117 cm³/mol. The quantitative estimate of drug-likeness (QED) is 0.564. The van der Waals surface area contributed by atoms with Gasteiger partial charge in [-0.3, -0.25) is 4.90 Å². The SMILES string of the molecule is Cc1cccc2cc(Cn3cnc4c(N)ncnc43)c(N3CC4CC3CN4C)nc12. The summed E-state index contributed by atoms with van der Waals surface area (Å²) in [5, 5.41) is 1.16. The van der Waals surface area contributed by atoms with Gasteiger partial charge in [0.25, 0.3) is 0 Å². The minimum absolute atomic E-state index is 0.408. The molecule has 0 amide bonds. The summed E-state index contributed by atoms with van der Waals surface area (Å²) in [4.78, 5) is 23.1. The summed E-state index contributed by atoms with van der Waals surface area (Å²) in [5.74, 6) is 1.49. The van der Waals surface area contributed by atoms with Crippen LogP contribution < -0.4 is 10.6 Å². The van der Waals surface area contributed by atoms with E-state index < -0.39 is 0 Å². The molecule has 0 spiro atoms. The molecule has 8 heteroatoms. The van der Waals surface area contributed by atoms with Crippen LogP contribution in [0.5, 0.6) is 0 Å². The van der Waals surface area contributed by atoms with Gasteiger partial charge in [-0.05, 0) is 32.0 Å². The lowest BCUT2D eigenvalue weighted by atomic mass is 10.1. The van der Waals surface area contributed by atoms with Crippen LogP contribution in [-0.2, 0) is 6.54 Å². The fourth-order valence-electron chi connectivity index (χ4n) is 5.07. The standard InChI is InChI=1S/C22H24N8/c1-13-4-3-5-14-6-15(8-29-12-26-19-20(23)24-11-25-22(19)29)21(27-18(13)14)30-10-16-7-17(30)9-28(16)2/h3-6,11-12,16-17H,7-10H2,1-2H3,(H2,23,24,25). The van der Waals surface area contributed by atoms with Gasteiger partial charge in [0, 0.05) is 36.1 Å². The second-order valence-corrected chi connectivity index (χ2v) is 8.56. The van der Waals surface area contributed by atoms with Crippen molar-refractivity contribution in [2.75, 3.05) is 30.8 Å². The van der Waals surface area contributed by atoms with E-state index in [1.807, 2.05) is 4.57 Å². The number of pyridine rings is 1. The molecule has 2 saturated heterocycles. The first kappa shape index (κ1) is 17.6. The van der Waals surface area contributed by atoms with Crippen LogP contribution in [0.4, 0.5) is 11.6 Å². The molecule has 4 aromatic rings. The number of nitrogen functional groups attached to an aromatic ring is 1. The molecule has 152 valence electrons. The lowest BCUT2D eigenvalue weighted by Gasteiger charge is -2.34. The maximum absolute atomic E-state index is 5.99. The number of imidazole rings is 1. The van der Waals surface area contributed by atoms with Gasteiger partial charge in [0.15, 0.2) is 11.5 Å². The number of benzene rings is 1. The van der Waals surface area contributed by atoms with Crippen LogP contribution in [0.25, 0.3) is 22.1 Å². The van der Waals surface area contributed by atoms with Gasteiger partial charge < -0.3 is 15.2 Å². The number of likely N-dealkylation sites (N-methyl/N-ethyl adjacent to an activating group) is 1. The smallest absolute Gasteiger partial charge is 0.165 e. The van der Waals surface area contributed by atoms with Crippen LogP contribution in [0.2, 0.25) is 0 Å². The minimum Gasteiger partial charge on any atom is -0.382 e. The van der Waals surface area contributed by atoms with Crippen molar-refractivity contribution in [3.8, 4) is 0 Å². The Morgan fingerprint density at radius 3 is 2.80 bits per heavy atom. The molecule has 0 saturated carbocycles. The van der Waals surface area contributed by atoms with E-state index in [4.69, 9.17) is 10.7 Å². The molecule has 0 radical (unpaired) electrons. The van der Waals surface area contributed by atoms with E-state index in [1.54, 1.807) is 6.33 Å². The van der Waals surface area contributed by atoms with Crippen LogP contribution >= 0.6 is 0 Å². The molecule has 2 N–H and O–H groups in total. The molecule has 5 heterocycles. The Kier molecular flexibility index (Phi) is 3.73. The second kappa shape index (κ2) is 6.37. The van der Waals surface area contributed by atoms with Gasteiger partial charge in [-0.25, -0.2) is 19.9 Å². The van der Waals surface area contributed by atoms with Crippen LogP contribution in [0.3, 0.4) is 0 Å². The Morgan fingerprint density at radius 1 is 1.10 bits per heavy atom. The number of hydrogen-bond donors (Lipinski definition) is 1. The van der Waals surface area contributed by atoms with E-state index in [-0.39, 0.29) is 0 Å². The Hall–Kier alpha value is -3.26. The number of fused-ring (bicyclic) bond motifs is 4. The third-order valence-electron chi connectivity index (χ3n) is 6.66. The molecule has 8 nitrogen and oxygen atoms in total. The van der Waals surface area contributed by atoms with Crippen molar-refractivity contribution < 1.29 is 0 Å². The number of hydrogen-bond acceptors (Lipinski definition) is 7. The molecule has 6 rings (SSSR count). The summed E-state index contributed by atoms with van der Waals surface area (Å²) in [6.45, 7) is 4.89. The summed E-state index contributed by atoms with van der Waals surface area (Å²) in [6.07, 6.45) is 4.50. The maximum Gasteiger partial charge on any atom is 0.165 e. The Morgan fingerprint density at radius 2 is 2.00 bits per heavy atom. The van der Waals surface area contributed by atoms with E-state index in [2.05, 4.69) is 63.0 Å². The van der Waals surface area contributed by atoms with Gasteiger partial charge in [0.2, 0.25) is 0 Å². The van der Waals surface area contributed by atoms with Gasteiger partial charge in [0.1, 0.15) is 17.7 Å². The van der Waals surface area contributed by atoms with Crippen LogP contribution in [0.15, 0.2) is 36.9 Å². The molecule has 1 aromatic carbocycles. The highest BCUT2D eigenvalue weighted by Crippen LogP contribution is 2.36. The number of rotatable bonds is 3. The van der Waals surface area contributed by atoms with Crippen molar-refractivity contribution in [2.24, 2.45) is 0 Å². The number of piperazine rings is 1. The molecule has 2 aliphatic rings. The maximum atomic E-state index is 5.99. The Bertz CT molecular complexity index is 1280. The molecule has 2 unspecified atom stereocenters. The highest BCUT2D eigenvalue weighted by Gasteiger charge is 2.42. The molecule has 30 heavy (non-hydrogen) atoms. The topological polar surface area (TPSA) is 89.0 Å². The average Bonchev–Trinajstić information content (AvgIpc) is 3.43. The molecule has 0 aliphatic carbocycles. The zero-order valence-corrected chi connectivity index (χ0v) is 17.2. The normalized spacial score (nSPS) is 21.3. The second-order valence-electron chi connectivity index (χ2n) is 8.56. The number of aryl methyl sites for hydroxylation is 1. The van der Waals surface area contributed by atoms with Crippen molar-refractivity contribution in [3.63, 3.8) is 0 Å². The molecule has 2 aliphatic heterocycles. The van der Waals surface area contributed by atoms with Gasteiger partial charge in [0.05, 0.1) is 18.4 Å². The Balaban J connectivity index is 1.49. The number of anilines is 2. The summed E-state index contributed by atoms with van der Waals surface area (Å²) >= 11 is 0. The fourth-order valence-corrected chi connectivity index (χ4v) is 5.07. The van der Waals surface area contributed by atoms with Crippen molar-refractivity contribution in [1.82, 2.24) is 29.4 Å². The first-order valence-electron chi connectivity index (χ1n) is 10.4. The van der Waals surface area contributed by atoms with Crippen molar-refractivity contribution in [3.05, 3.63) is 48.0 Å². The first-order chi connectivity index (χ1) is 14.6. The molecular weight excluding hydrogens is 376 g/mol. The summed E-state index contributed by atoms with van der Waals surface area (Å²) < 4.78 is 2.04. The van der Waals surface area contributed by atoms with Crippen molar-refractivity contribution in [2.45, 2.75) is 32.0 Å². The van der Waals surface area contributed by atoms with E-state index in [0.717, 1.165) is 35.5 Å². The third kappa shape index (κ3) is 2.56. The Labute approximate surface area is 174 Å². The van der Waals surface area contributed by atoms with E-state index >= 15 is 0 Å². The number of para-hydroxylation sites is 1. The molecular formula is C22H24N8. The van der Waals surface area contributed by atoms with E-state index in [0.29, 0.717) is 30.0 Å². The predicted octanol–water partition coefficient (Wildman–Crippen LogP) is 2.21. The largest absolute Gasteiger partial charge is 0.382 e. The summed E-state index contributed by atoms with van der Waals surface area (Å²) in [7, 11) is 2.22. The van der Waals surface area contributed by atoms with Gasteiger partial charge >= 0.3 is 0 Å². The zero-order valence-electron chi connectivity index (χ0n) is 17.2. The molecule has 3 aromatic heterocycles. The van der Waals surface area contributed by atoms with E-state index in [9.17, 15) is 0 Å². The van der Waals surface area contributed by atoms with Gasteiger partial charge in [-0.2, -0.15) is 0 Å². The first-order valence-corrected chi connectivity index (χ1v) is 10.4. The minimum atomic E-state index is 0.408. The summed E-state index contributed by atoms with van der Waals surface area (Å²) in [5.41, 5.74) is 10.8. The average molecular weight is 400 g/mol. The molecule has 2 atom stereocenters.